The number of benzene rings is 1. The van der Waals surface area contributed by atoms with Gasteiger partial charge in [-0.05, 0) is 70.2 Å². The molecule has 13 heteroatoms. The molecule has 0 unspecified atom stereocenters. The molecular weight excluding hydrogens is 566 g/mol. The Bertz CT molecular complexity index is 1330. The molecule has 1 aromatic carbocycles. The second-order valence-electron chi connectivity index (χ2n) is 12.3. The summed E-state index contributed by atoms with van der Waals surface area (Å²) >= 11 is 0. The highest BCUT2D eigenvalue weighted by molar-refractivity contribution is 5.88. The molecule has 44 heavy (non-hydrogen) atoms. The van der Waals surface area contributed by atoms with Gasteiger partial charge in [0.05, 0.1) is 18.3 Å². The number of hydrogen-bond donors (Lipinski definition) is 3. The summed E-state index contributed by atoms with van der Waals surface area (Å²) < 4.78 is 11.9. The van der Waals surface area contributed by atoms with Gasteiger partial charge in [-0.15, -0.1) is 0 Å². The van der Waals surface area contributed by atoms with Crippen molar-refractivity contribution in [3.63, 3.8) is 0 Å². The maximum absolute atomic E-state index is 12.8. The number of ether oxygens (including phenoxy) is 2. The number of carbonyl (C=O) groups is 3. The predicted molar refractivity (Wildman–Crippen MR) is 166 cm³/mol. The van der Waals surface area contributed by atoms with Crippen LogP contribution in [0.5, 0.6) is 0 Å². The van der Waals surface area contributed by atoms with Crippen LogP contribution in [0.2, 0.25) is 0 Å². The number of nitrogens with one attached hydrogen (secondary N) is 3. The second kappa shape index (κ2) is 15.0. The number of carbonyl (C=O) groups excluding carboxylic acids is 3. The molecule has 240 valence electrons. The van der Waals surface area contributed by atoms with E-state index in [2.05, 4.69) is 32.8 Å². The van der Waals surface area contributed by atoms with Crippen LogP contribution in [0.1, 0.15) is 65.4 Å². The Kier molecular flexibility index (Phi) is 11.2. The molecule has 0 aliphatic carbocycles. The topological polar surface area (TPSA) is 147 Å². The van der Waals surface area contributed by atoms with Gasteiger partial charge in [-0.2, -0.15) is 4.98 Å². The van der Waals surface area contributed by atoms with Crippen LogP contribution in [0.3, 0.4) is 0 Å². The Morgan fingerprint density at radius 3 is 2.30 bits per heavy atom. The van der Waals surface area contributed by atoms with Crippen LogP contribution in [0.4, 0.5) is 20.2 Å². The number of anilines is 1. The highest BCUT2D eigenvalue weighted by atomic mass is 16.6. The minimum Gasteiger partial charge on any atom is -0.450 e. The van der Waals surface area contributed by atoms with Crippen molar-refractivity contribution in [1.29, 1.82) is 0 Å². The molecular formula is C31H45N7O6. The number of hydrogen-bond acceptors (Lipinski definition) is 8. The molecule has 2 saturated heterocycles. The third-order valence-electron chi connectivity index (χ3n) is 7.50. The van der Waals surface area contributed by atoms with E-state index in [1.54, 1.807) is 37.9 Å². The Morgan fingerprint density at radius 1 is 0.955 bits per heavy atom. The first-order chi connectivity index (χ1) is 21.0. The number of unbranched alkanes of at least 4 members (excludes halogenated alkanes) is 1. The summed E-state index contributed by atoms with van der Waals surface area (Å²) in [7, 11) is 0. The molecule has 2 aliphatic heterocycles. The van der Waals surface area contributed by atoms with Crippen LogP contribution < -0.4 is 21.6 Å². The number of urea groups is 1. The highest BCUT2D eigenvalue weighted by Gasteiger charge is 2.29. The van der Waals surface area contributed by atoms with Crippen molar-refractivity contribution < 1.29 is 23.9 Å². The number of amides is 4. The van der Waals surface area contributed by atoms with E-state index in [-0.39, 0.29) is 30.0 Å². The lowest BCUT2D eigenvalue weighted by atomic mass is 10.0. The Hall–Kier alpha value is -4.13. The largest absolute Gasteiger partial charge is 0.450 e. The van der Waals surface area contributed by atoms with Crippen LogP contribution in [0, 0.1) is 0 Å². The second-order valence-corrected chi connectivity index (χ2v) is 12.3. The normalized spacial score (nSPS) is 17.6. The van der Waals surface area contributed by atoms with Crippen LogP contribution in [0.25, 0.3) is 5.69 Å². The van der Waals surface area contributed by atoms with Crippen LogP contribution >= 0.6 is 0 Å². The zero-order chi connectivity index (χ0) is 31.7. The van der Waals surface area contributed by atoms with Crippen molar-refractivity contribution in [2.45, 2.75) is 84.0 Å². The van der Waals surface area contributed by atoms with Crippen LogP contribution in [-0.2, 0) is 16.0 Å². The molecule has 2 aliphatic rings. The molecule has 1 aromatic heterocycles. The van der Waals surface area contributed by atoms with E-state index in [0.29, 0.717) is 31.8 Å². The lowest BCUT2D eigenvalue weighted by molar-refractivity contribution is 0.0506. The molecule has 0 saturated carbocycles. The minimum atomic E-state index is -0.600. The van der Waals surface area contributed by atoms with Crippen molar-refractivity contribution in [2.24, 2.45) is 0 Å². The van der Waals surface area contributed by atoms with E-state index in [1.807, 2.05) is 24.3 Å². The van der Waals surface area contributed by atoms with E-state index in [9.17, 15) is 19.2 Å². The number of aromatic nitrogens is 2. The molecule has 3 N–H and O–H groups in total. The number of likely N-dealkylation sites (tertiary alicyclic amines) is 2. The van der Waals surface area contributed by atoms with Gasteiger partial charge in [-0.1, -0.05) is 25.5 Å². The summed E-state index contributed by atoms with van der Waals surface area (Å²) in [6.45, 7) is 11.2. The first kappa shape index (κ1) is 32.8. The molecule has 2 fully saturated rings. The third-order valence-corrected chi connectivity index (χ3v) is 7.50. The van der Waals surface area contributed by atoms with Gasteiger partial charge in [0.1, 0.15) is 11.4 Å². The average Bonchev–Trinajstić information content (AvgIpc) is 3.42. The van der Waals surface area contributed by atoms with Gasteiger partial charge in [0, 0.05) is 45.0 Å². The van der Waals surface area contributed by atoms with E-state index in [4.69, 9.17) is 9.47 Å². The average molecular weight is 612 g/mol. The fourth-order valence-electron chi connectivity index (χ4n) is 5.17. The highest BCUT2D eigenvalue weighted by Crippen LogP contribution is 2.17. The lowest BCUT2D eigenvalue weighted by Crippen LogP contribution is -2.44. The molecule has 4 amide bonds. The standard InChI is InChI=1S/C31H45N7O6/c1-5-6-19-43-29(41)32-23-11-15-36(16-12-23)20-22-7-9-25(10-8-22)38-18-14-26(35-28(38)40)34-27(39)37-17-13-24(21-37)33-30(42)44-31(2,3)4/h7-10,14,18,23-24H,5-6,11-13,15-17,19-21H2,1-4H3,(H,32,41)(H,33,42)(H,34,35,39,40)/t24-/m1/s1. The zero-order valence-electron chi connectivity index (χ0n) is 26.1. The van der Waals surface area contributed by atoms with Crippen LogP contribution in [0.15, 0.2) is 41.3 Å². The monoisotopic (exact) mass is 611 g/mol. The van der Waals surface area contributed by atoms with Crippen molar-refractivity contribution in [2.75, 3.05) is 38.1 Å². The first-order valence-electron chi connectivity index (χ1n) is 15.4. The van der Waals surface area contributed by atoms with Gasteiger partial charge in [-0.3, -0.25) is 14.8 Å². The summed E-state index contributed by atoms with van der Waals surface area (Å²) in [5, 5.41) is 8.43. The van der Waals surface area contributed by atoms with Crippen molar-refractivity contribution >= 4 is 24.0 Å². The zero-order valence-corrected chi connectivity index (χ0v) is 26.1. The molecule has 1 atom stereocenters. The van der Waals surface area contributed by atoms with E-state index in [1.165, 1.54) is 4.57 Å². The van der Waals surface area contributed by atoms with Gasteiger partial charge in [0.15, 0.2) is 0 Å². The Balaban J connectivity index is 1.23. The summed E-state index contributed by atoms with van der Waals surface area (Å²) in [5.74, 6) is 0.156. The van der Waals surface area contributed by atoms with E-state index >= 15 is 0 Å². The smallest absolute Gasteiger partial charge is 0.407 e. The molecule has 0 bridgehead atoms. The molecule has 13 nitrogen and oxygen atoms in total. The van der Waals surface area contributed by atoms with Gasteiger partial charge in [0.25, 0.3) is 0 Å². The molecule has 2 aromatic rings. The first-order valence-corrected chi connectivity index (χ1v) is 15.4. The quantitative estimate of drug-likeness (QED) is 0.363. The molecule has 4 rings (SSSR count). The van der Waals surface area contributed by atoms with Gasteiger partial charge >= 0.3 is 23.9 Å². The summed E-state index contributed by atoms with van der Waals surface area (Å²) in [6.07, 6.45) is 4.94. The third kappa shape index (κ3) is 9.97. The van der Waals surface area contributed by atoms with Crippen molar-refractivity contribution in [3.8, 4) is 5.69 Å². The van der Waals surface area contributed by atoms with Crippen LogP contribution in [-0.4, -0.2) is 88.0 Å². The molecule has 3 heterocycles. The van der Waals surface area contributed by atoms with E-state index < -0.39 is 17.4 Å². The summed E-state index contributed by atoms with van der Waals surface area (Å²) in [6, 6.07) is 8.83. The summed E-state index contributed by atoms with van der Waals surface area (Å²) in [5.41, 5.74) is 0.680. The SMILES string of the molecule is CCCCOC(=O)NC1CCN(Cc2ccc(-n3ccc(NC(=O)N4CC[C@@H](NC(=O)OC(C)(C)C)C4)nc3=O)cc2)CC1. The summed E-state index contributed by atoms with van der Waals surface area (Å²) in [4.78, 5) is 57.4. The van der Waals surface area contributed by atoms with Crippen molar-refractivity contribution in [1.82, 2.24) is 30.0 Å². The number of piperidine rings is 1. The molecule has 0 spiro atoms. The number of rotatable bonds is 9. The maximum Gasteiger partial charge on any atom is 0.407 e. The fourth-order valence-corrected chi connectivity index (χ4v) is 5.17. The lowest BCUT2D eigenvalue weighted by Gasteiger charge is -2.32. The fraction of sp³-hybridized carbons (Fsp3) is 0.581. The molecule has 0 radical (unpaired) electrons. The predicted octanol–water partition coefficient (Wildman–Crippen LogP) is 3.85. The maximum atomic E-state index is 12.8. The Morgan fingerprint density at radius 2 is 1.64 bits per heavy atom. The van der Waals surface area contributed by atoms with Gasteiger partial charge in [0.2, 0.25) is 0 Å². The minimum absolute atomic E-state index is 0.128. The number of nitrogens with zero attached hydrogens (tertiary/aromatic N) is 4. The Labute approximate surface area is 258 Å². The number of alkyl carbamates (subject to hydrolysis) is 2. The van der Waals surface area contributed by atoms with Gasteiger partial charge in [-0.25, -0.2) is 19.2 Å². The van der Waals surface area contributed by atoms with Gasteiger partial charge < -0.3 is 25.0 Å². The van der Waals surface area contributed by atoms with Crippen molar-refractivity contribution in [3.05, 3.63) is 52.6 Å². The van der Waals surface area contributed by atoms with E-state index in [0.717, 1.165) is 50.9 Å².